The number of nitrogens with one attached hydrogen (secondary N) is 2. The van der Waals surface area contributed by atoms with Gasteiger partial charge < -0.3 is 10.2 Å². The number of aryl methyl sites for hydroxylation is 2. The largest absolute Gasteiger partial charge is 0.389 e. The van der Waals surface area contributed by atoms with Crippen LogP contribution in [0.5, 0.6) is 0 Å². The van der Waals surface area contributed by atoms with Gasteiger partial charge in [0.1, 0.15) is 0 Å². The first-order valence-electron chi connectivity index (χ1n) is 17.7. The van der Waals surface area contributed by atoms with E-state index in [1.54, 1.807) is 16.8 Å². The van der Waals surface area contributed by atoms with Crippen molar-refractivity contribution in [3.8, 4) is 0 Å². The van der Waals surface area contributed by atoms with E-state index in [-0.39, 0.29) is 30.0 Å². The topological polar surface area (TPSA) is 83.0 Å². The molecule has 2 aromatic heterocycles. The highest BCUT2D eigenvalue weighted by Gasteiger charge is 2.40. The van der Waals surface area contributed by atoms with Crippen LogP contribution in [0.1, 0.15) is 73.2 Å². The number of fused-ring (bicyclic) bond motifs is 5. The Hall–Kier alpha value is -4.57. The van der Waals surface area contributed by atoms with Gasteiger partial charge in [-0.2, -0.15) is 13.2 Å². The predicted octanol–water partition coefficient (Wildman–Crippen LogP) is 8.79. The number of allylic oxidation sites excluding steroid dienone is 6. The Labute approximate surface area is 298 Å². The summed E-state index contributed by atoms with van der Waals surface area (Å²) in [7, 11) is 0. The molecule has 2 unspecified atom stereocenters. The molecule has 2 aromatic carbocycles. The number of halogens is 4. The second-order valence-electron chi connectivity index (χ2n) is 14.4. The predicted molar refractivity (Wildman–Crippen MR) is 195 cm³/mol. The van der Waals surface area contributed by atoms with Crippen molar-refractivity contribution in [2.24, 2.45) is 11.8 Å². The maximum Gasteiger partial charge on any atom is 0.389 e. The van der Waals surface area contributed by atoms with Crippen molar-refractivity contribution in [2.75, 3.05) is 13.1 Å². The quantitative estimate of drug-likeness (QED) is 0.217. The van der Waals surface area contributed by atoms with Crippen LogP contribution >= 0.6 is 11.6 Å². The van der Waals surface area contributed by atoms with E-state index >= 15 is 0 Å². The van der Waals surface area contributed by atoms with Crippen LogP contribution in [-0.2, 0) is 11.2 Å². The Bertz CT molecular complexity index is 2240. The van der Waals surface area contributed by atoms with E-state index < -0.39 is 18.5 Å². The fourth-order valence-electron chi connectivity index (χ4n) is 8.98. The first-order chi connectivity index (χ1) is 24.6. The molecular formula is C40H39ClF3N5O2. The summed E-state index contributed by atoms with van der Waals surface area (Å²) in [6, 6.07) is 9.79. The maximum absolute atomic E-state index is 13.9. The molecular weight excluding hydrogens is 675 g/mol. The number of likely N-dealkylation sites (tertiary alicyclic amines) is 1. The number of hydrogen-bond donors (Lipinski definition) is 2. The van der Waals surface area contributed by atoms with E-state index in [1.807, 2.05) is 48.4 Å². The Morgan fingerprint density at radius 1 is 1.08 bits per heavy atom. The third kappa shape index (κ3) is 6.32. The molecule has 2 aliphatic carbocycles. The number of nitrogens with zero attached hydrogens (tertiary/aromatic N) is 3. The zero-order chi connectivity index (χ0) is 35.4. The molecule has 2 atom stereocenters. The second kappa shape index (κ2) is 13.2. The van der Waals surface area contributed by atoms with Crippen LogP contribution in [-0.4, -0.2) is 44.6 Å². The number of carbonyl (C=O) groups is 1. The molecule has 264 valence electrons. The first kappa shape index (κ1) is 33.6. The number of piperidine rings is 1. The standard InChI is InChI=1S/C40H39ClF3N5O2/c1-23-18-32(33-6-3-2-4-14-45-33)30-11-9-28-29(36(30)37(23)41)10-8-27-25(19-24(20-31(27)28)22-40(42,43)44)21-35(50)48-16-12-26(13-17-48)49-34-7-5-15-46-38(34)47-39(49)51/h2-7,9,11,14-15,18,24-26,45H,8,10,12-13,16-17,19-22H2,1H3,(H,46,47,51). The Kier molecular flexibility index (Phi) is 8.69. The molecule has 8 rings (SSSR count). The van der Waals surface area contributed by atoms with E-state index in [2.05, 4.69) is 33.5 Å². The van der Waals surface area contributed by atoms with Crippen molar-refractivity contribution in [3.63, 3.8) is 0 Å². The van der Waals surface area contributed by atoms with Gasteiger partial charge in [-0.25, -0.2) is 9.78 Å². The molecule has 4 aliphatic rings. The molecule has 0 spiro atoms. The van der Waals surface area contributed by atoms with Crippen LogP contribution in [0.2, 0.25) is 5.02 Å². The van der Waals surface area contributed by atoms with Crippen molar-refractivity contribution in [1.82, 2.24) is 24.8 Å². The van der Waals surface area contributed by atoms with Crippen molar-refractivity contribution >= 4 is 50.7 Å². The number of H-pyrrole nitrogens is 1. The van der Waals surface area contributed by atoms with E-state index in [4.69, 9.17) is 11.6 Å². The van der Waals surface area contributed by atoms with Gasteiger partial charge in [-0.05, 0) is 115 Å². The van der Waals surface area contributed by atoms with Crippen molar-refractivity contribution in [3.05, 3.63) is 110 Å². The Balaban J connectivity index is 1.09. The molecule has 51 heavy (non-hydrogen) atoms. The number of amides is 1. The average molecular weight is 714 g/mol. The highest BCUT2D eigenvalue weighted by atomic mass is 35.5. The van der Waals surface area contributed by atoms with Gasteiger partial charge in [0.2, 0.25) is 5.91 Å². The maximum atomic E-state index is 13.9. The number of benzene rings is 2. The molecule has 2 N–H and O–H groups in total. The monoisotopic (exact) mass is 713 g/mol. The average Bonchev–Trinajstić information content (AvgIpc) is 3.23. The van der Waals surface area contributed by atoms with Crippen LogP contribution in [0.15, 0.2) is 77.4 Å². The zero-order valence-electron chi connectivity index (χ0n) is 28.3. The number of rotatable bonds is 5. The molecule has 0 bridgehead atoms. The van der Waals surface area contributed by atoms with Gasteiger partial charge in [0.25, 0.3) is 0 Å². The molecule has 7 nitrogen and oxygen atoms in total. The third-order valence-corrected chi connectivity index (χ3v) is 11.7. The second-order valence-corrected chi connectivity index (χ2v) is 14.7. The SMILES string of the molecule is Cc1cc(C2=CC=CC=CN2)c2ccc3c(c2c1Cl)CCC1=C3CC(CC(F)(F)F)CC1CC(=O)N1CCC(n2c(=O)[nH]c3ncccc32)CC1. The lowest BCUT2D eigenvalue weighted by Gasteiger charge is -2.39. The van der Waals surface area contributed by atoms with Crippen molar-refractivity contribution in [1.29, 1.82) is 0 Å². The lowest BCUT2D eigenvalue weighted by atomic mass is 9.67. The summed E-state index contributed by atoms with van der Waals surface area (Å²) in [5.74, 6) is -0.913. The number of imidazole rings is 1. The van der Waals surface area contributed by atoms with Gasteiger partial charge in [0.15, 0.2) is 5.65 Å². The first-order valence-corrected chi connectivity index (χ1v) is 18.1. The van der Waals surface area contributed by atoms with Crippen LogP contribution in [0.25, 0.3) is 33.2 Å². The van der Waals surface area contributed by atoms with Crippen LogP contribution in [0.3, 0.4) is 0 Å². The van der Waals surface area contributed by atoms with E-state index in [0.717, 1.165) is 55.4 Å². The van der Waals surface area contributed by atoms with Gasteiger partial charge in [0, 0.05) is 61.0 Å². The molecule has 11 heteroatoms. The van der Waals surface area contributed by atoms with E-state index in [9.17, 15) is 22.8 Å². The normalized spacial score (nSPS) is 21.0. The summed E-state index contributed by atoms with van der Waals surface area (Å²) in [6.45, 7) is 2.96. The van der Waals surface area contributed by atoms with Gasteiger partial charge >= 0.3 is 11.9 Å². The fourth-order valence-corrected chi connectivity index (χ4v) is 9.25. The number of pyridine rings is 1. The number of hydrogen-bond acceptors (Lipinski definition) is 4. The minimum absolute atomic E-state index is 0.0363. The lowest BCUT2D eigenvalue weighted by molar-refractivity contribution is -0.145. The minimum Gasteiger partial charge on any atom is -0.361 e. The molecule has 4 heterocycles. The van der Waals surface area contributed by atoms with E-state index in [0.29, 0.717) is 62.3 Å². The van der Waals surface area contributed by atoms with Gasteiger partial charge in [-0.3, -0.25) is 14.3 Å². The minimum atomic E-state index is -4.30. The number of aromatic amines is 1. The Morgan fingerprint density at radius 2 is 1.90 bits per heavy atom. The van der Waals surface area contributed by atoms with Gasteiger partial charge in [-0.1, -0.05) is 41.5 Å². The molecule has 0 radical (unpaired) electrons. The molecule has 1 fully saturated rings. The summed E-state index contributed by atoms with van der Waals surface area (Å²) < 4.78 is 43.5. The molecule has 4 aromatic rings. The summed E-state index contributed by atoms with van der Waals surface area (Å²) in [5, 5.41) is 5.98. The van der Waals surface area contributed by atoms with Crippen molar-refractivity contribution < 1.29 is 18.0 Å². The number of aromatic nitrogens is 3. The lowest BCUT2D eigenvalue weighted by Crippen LogP contribution is -2.41. The molecule has 1 amide bonds. The number of carbonyl (C=O) groups excluding carboxylic acids is 1. The highest BCUT2D eigenvalue weighted by molar-refractivity contribution is 6.37. The van der Waals surface area contributed by atoms with Crippen LogP contribution in [0, 0.1) is 18.8 Å². The van der Waals surface area contributed by atoms with Gasteiger partial charge in [-0.15, -0.1) is 0 Å². The summed E-state index contributed by atoms with van der Waals surface area (Å²) >= 11 is 7.05. The summed E-state index contributed by atoms with van der Waals surface area (Å²) in [4.78, 5) is 35.5. The molecule has 0 saturated carbocycles. The fraction of sp³-hybridized carbons (Fsp3) is 0.375. The summed E-state index contributed by atoms with van der Waals surface area (Å²) in [5.41, 5.74) is 8.08. The third-order valence-electron chi connectivity index (χ3n) is 11.2. The molecule has 2 aliphatic heterocycles. The van der Waals surface area contributed by atoms with Gasteiger partial charge in [0.05, 0.1) is 10.5 Å². The smallest absolute Gasteiger partial charge is 0.361 e. The molecule has 1 saturated heterocycles. The van der Waals surface area contributed by atoms with Crippen LogP contribution in [0.4, 0.5) is 13.2 Å². The number of alkyl halides is 3. The highest BCUT2D eigenvalue weighted by Crippen LogP contribution is 2.51. The zero-order valence-corrected chi connectivity index (χ0v) is 29.1. The van der Waals surface area contributed by atoms with Crippen molar-refractivity contribution in [2.45, 2.75) is 70.5 Å². The Morgan fingerprint density at radius 3 is 2.71 bits per heavy atom. The van der Waals surface area contributed by atoms with Crippen LogP contribution < -0.4 is 11.0 Å². The van der Waals surface area contributed by atoms with E-state index in [1.165, 1.54) is 0 Å². The summed E-state index contributed by atoms with van der Waals surface area (Å²) in [6.07, 6.45) is 9.71.